The monoisotopic (exact) mass is 263 g/mol. The molecule has 2 rings (SSSR count). The molecule has 5 heteroatoms. The largest absolute Gasteiger partial charge is 0.375 e. The smallest absolute Gasteiger partial charge is 0.270 e. The number of rotatable bonds is 3. The maximum atomic E-state index is 12.1. The van der Waals surface area contributed by atoms with Gasteiger partial charge < -0.3 is 15.8 Å². The van der Waals surface area contributed by atoms with Gasteiger partial charge >= 0.3 is 0 Å². The first-order chi connectivity index (χ1) is 9.00. The second-order valence-corrected chi connectivity index (χ2v) is 5.53. The number of amides is 1. The van der Waals surface area contributed by atoms with Crippen LogP contribution in [0.1, 0.15) is 42.7 Å². The molecule has 0 radical (unpaired) electrons. The summed E-state index contributed by atoms with van der Waals surface area (Å²) in [6.07, 6.45) is 3.30. The van der Waals surface area contributed by atoms with E-state index in [9.17, 15) is 4.79 Å². The van der Waals surface area contributed by atoms with Crippen LogP contribution in [-0.2, 0) is 11.3 Å². The molecule has 1 aromatic rings. The van der Waals surface area contributed by atoms with Crippen LogP contribution >= 0.6 is 0 Å². The second kappa shape index (κ2) is 5.67. The van der Waals surface area contributed by atoms with Gasteiger partial charge in [-0.25, -0.2) is 0 Å². The molecule has 19 heavy (non-hydrogen) atoms. The van der Waals surface area contributed by atoms with Crippen molar-refractivity contribution >= 4 is 5.91 Å². The number of hydrogen-bond acceptors (Lipinski definition) is 4. The number of aromatic nitrogens is 1. The first-order valence-electron chi connectivity index (χ1n) is 6.60. The van der Waals surface area contributed by atoms with Crippen LogP contribution in [0.2, 0.25) is 0 Å². The molecular formula is C14H21N3O2. The molecule has 0 spiro atoms. The molecule has 0 aliphatic carbocycles. The van der Waals surface area contributed by atoms with Gasteiger partial charge in [0.25, 0.3) is 5.91 Å². The Balaban J connectivity index is 1.96. The first kappa shape index (κ1) is 14.0. The number of hydrogen-bond donors (Lipinski definition) is 2. The zero-order valence-corrected chi connectivity index (χ0v) is 11.5. The number of carbonyl (C=O) groups excluding carboxylic acids is 1. The minimum Gasteiger partial charge on any atom is -0.375 e. The maximum Gasteiger partial charge on any atom is 0.270 e. The molecule has 1 aliphatic heterocycles. The molecule has 1 saturated heterocycles. The van der Waals surface area contributed by atoms with E-state index >= 15 is 0 Å². The highest BCUT2D eigenvalue weighted by atomic mass is 16.5. The fraction of sp³-hybridized carbons (Fsp3) is 0.571. The van der Waals surface area contributed by atoms with Gasteiger partial charge in [0.15, 0.2) is 0 Å². The van der Waals surface area contributed by atoms with Crippen molar-refractivity contribution in [1.29, 1.82) is 0 Å². The van der Waals surface area contributed by atoms with Crippen LogP contribution in [0.15, 0.2) is 18.3 Å². The van der Waals surface area contributed by atoms with E-state index in [2.05, 4.69) is 10.3 Å². The van der Waals surface area contributed by atoms with Crippen molar-refractivity contribution in [2.75, 3.05) is 6.61 Å². The van der Waals surface area contributed by atoms with Crippen molar-refractivity contribution in [3.05, 3.63) is 29.6 Å². The van der Waals surface area contributed by atoms with Crippen molar-refractivity contribution < 1.29 is 9.53 Å². The van der Waals surface area contributed by atoms with E-state index in [0.717, 1.165) is 18.4 Å². The van der Waals surface area contributed by atoms with E-state index in [1.807, 2.05) is 19.9 Å². The van der Waals surface area contributed by atoms with Crippen LogP contribution in [0.5, 0.6) is 0 Å². The lowest BCUT2D eigenvalue weighted by molar-refractivity contribution is -0.0615. The third-order valence-corrected chi connectivity index (χ3v) is 3.33. The predicted molar refractivity (Wildman–Crippen MR) is 72.6 cm³/mol. The molecule has 1 unspecified atom stereocenters. The van der Waals surface area contributed by atoms with Gasteiger partial charge in [-0.05, 0) is 38.3 Å². The van der Waals surface area contributed by atoms with Crippen molar-refractivity contribution in [2.45, 2.75) is 44.9 Å². The van der Waals surface area contributed by atoms with Gasteiger partial charge in [-0.15, -0.1) is 0 Å². The molecule has 1 aromatic heterocycles. The summed E-state index contributed by atoms with van der Waals surface area (Å²) in [6.45, 7) is 5.19. The van der Waals surface area contributed by atoms with E-state index in [0.29, 0.717) is 18.8 Å². The van der Waals surface area contributed by atoms with Gasteiger partial charge in [0.1, 0.15) is 5.69 Å². The molecule has 0 aromatic carbocycles. The zero-order chi connectivity index (χ0) is 13.9. The average molecular weight is 263 g/mol. The topological polar surface area (TPSA) is 77.2 Å². The SMILES string of the molecule is CC1(C)CC(NC(=O)c2ccc(CN)cn2)CCO1. The van der Waals surface area contributed by atoms with Gasteiger partial charge in [-0.2, -0.15) is 0 Å². The lowest BCUT2D eigenvalue weighted by atomic mass is 9.94. The van der Waals surface area contributed by atoms with E-state index < -0.39 is 0 Å². The van der Waals surface area contributed by atoms with Crippen molar-refractivity contribution in [3.8, 4) is 0 Å². The molecule has 1 aliphatic rings. The first-order valence-corrected chi connectivity index (χ1v) is 6.60. The lowest BCUT2D eigenvalue weighted by Gasteiger charge is -2.35. The number of ether oxygens (including phenoxy) is 1. The summed E-state index contributed by atoms with van der Waals surface area (Å²) in [5.41, 5.74) is 6.68. The Kier molecular flexibility index (Phi) is 4.17. The van der Waals surface area contributed by atoms with Crippen LogP contribution < -0.4 is 11.1 Å². The summed E-state index contributed by atoms with van der Waals surface area (Å²) in [7, 11) is 0. The minimum absolute atomic E-state index is 0.133. The molecule has 0 saturated carbocycles. The Bertz CT molecular complexity index is 443. The van der Waals surface area contributed by atoms with Crippen LogP contribution in [0.4, 0.5) is 0 Å². The van der Waals surface area contributed by atoms with E-state index in [1.165, 1.54) is 0 Å². The van der Waals surface area contributed by atoms with Gasteiger partial charge in [0, 0.05) is 25.4 Å². The molecule has 2 heterocycles. The summed E-state index contributed by atoms with van der Waals surface area (Å²) in [6, 6.07) is 3.69. The third kappa shape index (κ3) is 3.75. The van der Waals surface area contributed by atoms with Crippen molar-refractivity contribution in [1.82, 2.24) is 10.3 Å². The maximum absolute atomic E-state index is 12.1. The van der Waals surface area contributed by atoms with Crippen LogP contribution in [0.25, 0.3) is 0 Å². The molecule has 3 N–H and O–H groups in total. The van der Waals surface area contributed by atoms with Gasteiger partial charge in [0.2, 0.25) is 0 Å². The van der Waals surface area contributed by atoms with E-state index in [4.69, 9.17) is 10.5 Å². The highest BCUT2D eigenvalue weighted by Gasteiger charge is 2.29. The second-order valence-electron chi connectivity index (χ2n) is 5.53. The normalized spacial score (nSPS) is 21.9. The summed E-state index contributed by atoms with van der Waals surface area (Å²) in [5.74, 6) is -0.133. The Morgan fingerprint density at radius 1 is 1.58 bits per heavy atom. The number of nitrogens with one attached hydrogen (secondary N) is 1. The summed E-state index contributed by atoms with van der Waals surface area (Å²) in [5, 5.41) is 3.02. The quantitative estimate of drug-likeness (QED) is 0.859. The number of pyridine rings is 1. The Morgan fingerprint density at radius 2 is 2.37 bits per heavy atom. The molecular weight excluding hydrogens is 242 g/mol. The molecule has 104 valence electrons. The zero-order valence-electron chi connectivity index (χ0n) is 11.5. The average Bonchev–Trinajstić information content (AvgIpc) is 2.37. The molecule has 1 fully saturated rings. The molecule has 1 atom stereocenters. The summed E-state index contributed by atoms with van der Waals surface area (Å²) < 4.78 is 5.63. The fourth-order valence-electron chi connectivity index (χ4n) is 2.29. The van der Waals surface area contributed by atoms with Gasteiger partial charge in [-0.3, -0.25) is 9.78 Å². The minimum atomic E-state index is -0.174. The fourth-order valence-corrected chi connectivity index (χ4v) is 2.29. The standard InChI is InChI=1S/C14H21N3O2/c1-14(2)7-11(5-6-19-14)17-13(18)12-4-3-10(8-15)9-16-12/h3-4,9,11H,5-8,15H2,1-2H3,(H,17,18). The molecule has 1 amide bonds. The highest BCUT2D eigenvalue weighted by Crippen LogP contribution is 2.24. The number of nitrogens with zero attached hydrogens (tertiary/aromatic N) is 1. The Labute approximate surface area is 113 Å². The molecule has 0 bridgehead atoms. The third-order valence-electron chi connectivity index (χ3n) is 3.33. The van der Waals surface area contributed by atoms with Crippen LogP contribution in [-0.4, -0.2) is 29.1 Å². The summed E-state index contributed by atoms with van der Waals surface area (Å²) >= 11 is 0. The number of carbonyl (C=O) groups is 1. The Hall–Kier alpha value is -1.46. The van der Waals surface area contributed by atoms with Crippen LogP contribution in [0.3, 0.4) is 0 Å². The molecule has 5 nitrogen and oxygen atoms in total. The van der Waals surface area contributed by atoms with Crippen molar-refractivity contribution in [2.24, 2.45) is 5.73 Å². The van der Waals surface area contributed by atoms with E-state index in [-0.39, 0.29) is 17.6 Å². The van der Waals surface area contributed by atoms with Gasteiger partial charge in [-0.1, -0.05) is 6.07 Å². The van der Waals surface area contributed by atoms with Gasteiger partial charge in [0.05, 0.1) is 5.60 Å². The Morgan fingerprint density at radius 3 is 2.95 bits per heavy atom. The van der Waals surface area contributed by atoms with E-state index in [1.54, 1.807) is 12.3 Å². The summed E-state index contributed by atoms with van der Waals surface area (Å²) in [4.78, 5) is 16.2. The number of nitrogens with two attached hydrogens (primary N) is 1. The van der Waals surface area contributed by atoms with Crippen molar-refractivity contribution in [3.63, 3.8) is 0 Å². The van der Waals surface area contributed by atoms with Crippen LogP contribution in [0, 0.1) is 0 Å². The lowest BCUT2D eigenvalue weighted by Crippen LogP contribution is -2.45. The predicted octanol–water partition coefficient (Wildman–Crippen LogP) is 1.23. The highest BCUT2D eigenvalue weighted by molar-refractivity contribution is 5.92.